The minimum atomic E-state index is -0.980. The average Bonchev–Trinajstić information content (AvgIpc) is 2.14. The molecule has 0 aliphatic carbocycles. The highest BCUT2D eigenvalue weighted by atomic mass is 19.1. The van der Waals surface area contributed by atoms with E-state index < -0.39 is 16.4 Å². The Morgan fingerprint density at radius 2 is 1.71 bits per heavy atom. The van der Waals surface area contributed by atoms with Crippen molar-refractivity contribution >= 4 is 17.1 Å². The molecule has 0 aliphatic heterocycles. The van der Waals surface area contributed by atoms with Gasteiger partial charge >= 0.3 is 5.69 Å². The number of rotatable bonds is 1. The van der Waals surface area contributed by atoms with E-state index in [0.29, 0.717) is 0 Å². The van der Waals surface area contributed by atoms with Crippen LogP contribution in [0.5, 0.6) is 0 Å². The molecule has 14 heavy (non-hydrogen) atoms. The van der Waals surface area contributed by atoms with Crippen molar-refractivity contribution in [1.29, 1.82) is 0 Å². The monoisotopic (exact) mass is 201 g/mol. The van der Waals surface area contributed by atoms with Gasteiger partial charge in [0.1, 0.15) is 0 Å². The topological polar surface area (TPSA) is 95.2 Å². The molecule has 1 rings (SSSR count). The van der Waals surface area contributed by atoms with Crippen LogP contribution in [0.2, 0.25) is 0 Å². The Morgan fingerprint density at radius 3 is 2.14 bits per heavy atom. The third-order valence-corrected chi connectivity index (χ3v) is 1.35. The standard InChI is InChI=1S/C6H6FN3O2.C2H6/c7-3-1-4(8)5(9)2-6(3)10(11)12;1-2/h1-2H,8-9H2;1-2H3. The molecule has 0 radical (unpaired) electrons. The summed E-state index contributed by atoms with van der Waals surface area (Å²) in [5.74, 6) is -0.980. The van der Waals surface area contributed by atoms with Gasteiger partial charge in [0.2, 0.25) is 5.82 Å². The van der Waals surface area contributed by atoms with Gasteiger partial charge in [-0.05, 0) is 0 Å². The molecule has 1 aromatic carbocycles. The van der Waals surface area contributed by atoms with Gasteiger partial charge in [0.05, 0.1) is 16.3 Å². The Balaban J connectivity index is 0.000000791. The maximum absolute atomic E-state index is 12.7. The van der Waals surface area contributed by atoms with E-state index in [9.17, 15) is 14.5 Å². The minimum Gasteiger partial charge on any atom is -0.397 e. The zero-order valence-corrected chi connectivity index (χ0v) is 7.95. The molecule has 0 saturated heterocycles. The van der Waals surface area contributed by atoms with E-state index in [2.05, 4.69) is 0 Å². The summed E-state index contributed by atoms with van der Waals surface area (Å²) in [5, 5.41) is 10.2. The maximum atomic E-state index is 12.7. The highest BCUT2D eigenvalue weighted by molar-refractivity contribution is 5.67. The SMILES string of the molecule is CC.Nc1cc(F)c([N+](=O)[O-])cc1N. The summed E-state index contributed by atoms with van der Waals surface area (Å²) in [4.78, 5) is 9.30. The number of hydrogen-bond donors (Lipinski definition) is 2. The molecule has 0 aromatic heterocycles. The summed E-state index contributed by atoms with van der Waals surface area (Å²) in [6.45, 7) is 4.00. The number of hydrogen-bond acceptors (Lipinski definition) is 4. The van der Waals surface area contributed by atoms with Gasteiger partial charge in [-0.1, -0.05) is 13.8 Å². The predicted octanol–water partition coefficient (Wildman–Crippen LogP) is 1.92. The summed E-state index contributed by atoms with van der Waals surface area (Å²) in [7, 11) is 0. The lowest BCUT2D eigenvalue weighted by Gasteiger charge is -1.99. The van der Waals surface area contributed by atoms with Crippen LogP contribution < -0.4 is 11.5 Å². The largest absolute Gasteiger partial charge is 0.397 e. The molecule has 6 heteroatoms. The predicted molar refractivity (Wildman–Crippen MR) is 53.2 cm³/mol. The molecule has 0 heterocycles. The molecule has 0 atom stereocenters. The van der Waals surface area contributed by atoms with E-state index in [1.54, 1.807) is 0 Å². The van der Waals surface area contributed by atoms with Gasteiger partial charge in [-0.25, -0.2) is 0 Å². The first kappa shape index (κ1) is 12.2. The number of benzene rings is 1. The Morgan fingerprint density at radius 1 is 1.29 bits per heavy atom. The van der Waals surface area contributed by atoms with Crippen LogP contribution in [0.4, 0.5) is 21.5 Å². The first-order chi connectivity index (χ1) is 6.52. The van der Waals surface area contributed by atoms with Crippen molar-refractivity contribution in [3.8, 4) is 0 Å². The Bertz CT molecular complexity index is 342. The molecular formula is C8H12FN3O2. The van der Waals surface area contributed by atoms with E-state index in [0.717, 1.165) is 12.1 Å². The van der Waals surface area contributed by atoms with Crippen LogP contribution in [0.1, 0.15) is 13.8 Å². The fourth-order valence-corrected chi connectivity index (χ4v) is 0.733. The van der Waals surface area contributed by atoms with E-state index in [1.807, 2.05) is 13.8 Å². The van der Waals surface area contributed by atoms with Crippen molar-refractivity contribution in [2.75, 3.05) is 11.5 Å². The molecule has 0 unspecified atom stereocenters. The van der Waals surface area contributed by atoms with E-state index >= 15 is 0 Å². The van der Waals surface area contributed by atoms with Crippen LogP contribution in [0.25, 0.3) is 0 Å². The fourth-order valence-electron chi connectivity index (χ4n) is 0.733. The molecule has 0 saturated carbocycles. The molecule has 78 valence electrons. The number of nitro groups is 1. The molecule has 0 aliphatic rings. The summed E-state index contributed by atoms with van der Waals surface area (Å²) < 4.78 is 12.7. The lowest BCUT2D eigenvalue weighted by Crippen LogP contribution is -1.99. The highest BCUT2D eigenvalue weighted by Crippen LogP contribution is 2.25. The summed E-state index contributed by atoms with van der Waals surface area (Å²) in [6, 6.07) is 1.72. The van der Waals surface area contributed by atoms with Gasteiger partial charge in [-0.3, -0.25) is 10.1 Å². The quantitative estimate of drug-likeness (QED) is 0.412. The van der Waals surface area contributed by atoms with E-state index in [-0.39, 0.29) is 11.4 Å². The van der Waals surface area contributed by atoms with Gasteiger partial charge in [0, 0.05) is 12.1 Å². The molecule has 4 N–H and O–H groups in total. The molecule has 0 spiro atoms. The zero-order chi connectivity index (χ0) is 11.3. The number of nitrogen functional groups attached to an aromatic ring is 2. The molecule has 0 fully saturated rings. The average molecular weight is 201 g/mol. The van der Waals surface area contributed by atoms with Crippen molar-refractivity contribution in [3.63, 3.8) is 0 Å². The van der Waals surface area contributed by atoms with Crippen LogP contribution >= 0.6 is 0 Å². The number of nitrogens with two attached hydrogens (primary N) is 2. The number of anilines is 2. The van der Waals surface area contributed by atoms with Crippen molar-refractivity contribution in [2.45, 2.75) is 13.8 Å². The highest BCUT2D eigenvalue weighted by Gasteiger charge is 2.15. The van der Waals surface area contributed by atoms with E-state index in [4.69, 9.17) is 11.5 Å². The first-order valence-corrected chi connectivity index (χ1v) is 4.01. The van der Waals surface area contributed by atoms with Gasteiger partial charge in [0.15, 0.2) is 0 Å². The fraction of sp³-hybridized carbons (Fsp3) is 0.250. The van der Waals surface area contributed by atoms with Crippen molar-refractivity contribution < 1.29 is 9.31 Å². The number of halogens is 1. The van der Waals surface area contributed by atoms with Gasteiger partial charge in [-0.15, -0.1) is 0 Å². The second kappa shape index (κ2) is 5.00. The molecule has 5 nitrogen and oxygen atoms in total. The third-order valence-electron chi connectivity index (χ3n) is 1.35. The van der Waals surface area contributed by atoms with Gasteiger partial charge in [-0.2, -0.15) is 4.39 Å². The molecular weight excluding hydrogens is 189 g/mol. The van der Waals surface area contributed by atoms with Crippen LogP contribution in [0.15, 0.2) is 12.1 Å². The molecule has 0 amide bonds. The van der Waals surface area contributed by atoms with Gasteiger partial charge in [0.25, 0.3) is 0 Å². The summed E-state index contributed by atoms with van der Waals surface area (Å²) >= 11 is 0. The Hall–Kier alpha value is -1.85. The smallest absolute Gasteiger partial charge is 0.306 e. The van der Waals surface area contributed by atoms with Crippen molar-refractivity contribution in [2.24, 2.45) is 0 Å². The second-order valence-corrected chi connectivity index (χ2v) is 2.19. The van der Waals surface area contributed by atoms with E-state index in [1.165, 1.54) is 0 Å². The zero-order valence-electron chi connectivity index (χ0n) is 7.95. The van der Waals surface area contributed by atoms with Gasteiger partial charge < -0.3 is 11.5 Å². The minimum absolute atomic E-state index is 0.00176. The van der Waals surface area contributed by atoms with Crippen LogP contribution in [0.3, 0.4) is 0 Å². The van der Waals surface area contributed by atoms with Crippen LogP contribution in [-0.4, -0.2) is 4.92 Å². The number of nitro benzene ring substituents is 1. The lowest BCUT2D eigenvalue weighted by molar-refractivity contribution is -0.387. The molecule has 0 bridgehead atoms. The summed E-state index contributed by atoms with van der Waals surface area (Å²) in [6.07, 6.45) is 0. The normalized spacial score (nSPS) is 8.79. The Labute approximate surface area is 80.7 Å². The Kier molecular flexibility index (Phi) is 4.34. The second-order valence-electron chi connectivity index (χ2n) is 2.19. The first-order valence-electron chi connectivity index (χ1n) is 4.01. The summed E-state index contributed by atoms with van der Waals surface area (Å²) in [5.41, 5.74) is 9.77. The van der Waals surface area contributed by atoms with Crippen molar-refractivity contribution in [3.05, 3.63) is 28.1 Å². The van der Waals surface area contributed by atoms with Crippen molar-refractivity contribution in [1.82, 2.24) is 0 Å². The molecule has 1 aromatic rings. The maximum Gasteiger partial charge on any atom is 0.306 e. The third kappa shape index (κ3) is 2.58. The lowest BCUT2D eigenvalue weighted by atomic mass is 10.2. The number of nitrogens with zero attached hydrogens (tertiary/aromatic N) is 1. The van der Waals surface area contributed by atoms with Crippen LogP contribution in [0, 0.1) is 15.9 Å². The van der Waals surface area contributed by atoms with Crippen LogP contribution in [-0.2, 0) is 0 Å².